The molecule has 1 unspecified atom stereocenters. The number of amides is 1. The Morgan fingerprint density at radius 2 is 2.42 bits per heavy atom. The van der Waals surface area contributed by atoms with Crippen LogP contribution < -0.4 is 5.32 Å². The van der Waals surface area contributed by atoms with Gasteiger partial charge in [0.05, 0.1) is 0 Å². The zero-order valence-corrected chi connectivity index (χ0v) is 6.95. The standard InChI is InChI=1S/C7H13NO4/c1-2-12-4-3-6(7(10)11)8-5-9/h5-6H,2-4H2,1H3,(H,8,9)(H,10,11). The van der Waals surface area contributed by atoms with Gasteiger partial charge < -0.3 is 15.2 Å². The van der Waals surface area contributed by atoms with Crippen molar-refractivity contribution in [2.24, 2.45) is 0 Å². The van der Waals surface area contributed by atoms with Gasteiger partial charge in [0.1, 0.15) is 6.04 Å². The summed E-state index contributed by atoms with van der Waals surface area (Å²) in [5.41, 5.74) is 0. The molecule has 70 valence electrons. The van der Waals surface area contributed by atoms with Crippen LogP contribution in [0.5, 0.6) is 0 Å². The maximum absolute atomic E-state index is 10.4. The van der Waals surface area contributed by atoms with Gasteiger partial charge >= 0.3 is 5.97 Å². The summed E-state index contributed by atoms with van der Waals surface area (Å²) in [6, 6.07) is -0.839. The van der Waals surface area contributed by atoms with E-state index >= 15 is 0 Å². The third-order valence-electron chi connectivity index (χ3n) is 1.32. The molecule has 0 rings (SSSR count). The van der Waals surface area contributed by atoms with E-state index in [0.29, 0.717) is 26.0 Å². The van der Waals surface area contributed by atoms with E-state index in [2.05, 4.69) is 5.32 Å². The van der Waals surface area contributed by atoms with E-state index in [1.165, 1.54) is 0 Å². The van der Waals surface area contributed by atoms with Crippen LogP contribution in [0.4, 0.5) is 0 Å². The summed E-state index contributed by atoms with van der Waals surface area (Å²) in [7, 11) is 0. The Balaban J connectivity index is 3.63. The Bertz CT molecular complexity index is 148. The van der Waals surface area contributed by atoms with Crippen LogP contribution >= 0.6 is 0 Å². The van der Waals surface area contributed by atoms with Crippen LogP contribution in [-0.4, -0.2) is 36.7 Å². The van der Waals surface area contributed by atoms with E-state index in [1.54, 1.807) is 0 Å². The largest absolute Gasteiger partial charge is 0.480 e. The van der Waals surface area contributed by atoms with Gasteiger partial charge in [-0.15, -0.1) is 0 Å². The average Bonchev–Trinajstić information content (AvgIpc) is 2.03. The summed E-state index contributed by atoms with van der Waals surface area (Å²) in [4.78, 5) is 20.3. The first-order chi connectivity index (χ1) is 5.72. The molecule has 0 saturated carbocycles. The predicted octanol–water partition coefficient (Wildman–Crippen LogP) is -0.388. The quantitative estimate of drug-likeness (QED) is 0.408. The van der Waals surface area contributed by atoms with E-state index in [4.69, 9.17) is 9.84 Å². The average molecular weight is 175 g/mol. The van der Waals surface area contributed by atoms with E-state index < -0.39 is 12.0 Å². The van der Waals surface area contributed by atoms with Gasteiger partial charge in [0.15, 0.2) is 0 Å². The minimum atomic E-state index is -1.04. The van der Waals surface area contributed by atoms with Crippen molar-refractivity contribution < 1.29 is 19.4 Å². The van der Waals surface area contributed by atoms with Crippen molar-refractivity contribution in [1.82, 2.24) is 5.32 Å². The number of nitrogens with one attached hydrogen (secondary N) is 1. The number of hydrogen-bond acceptors (Lipinski definition) is 3. The van der Waals surface area contributed by atoms with Crippen LogP contribution in [0.25, 0.3) is 0 Å². The fourth-order valence-electron chi connectivity index (χ4n) is 0.706. The number of rotatable bonds is 7. The number of carbonyl (C=O) groups is 2. The Hall–Kier alpha value is -1.10. The summed E-state index contributed by atoms with van der Waals surface area (Å²) in [6.45, 7) is 2.71. The fraction of sp³-hybridized carbons (Fsp3) is 0.714. The molecule has 0 saturated heterocycles. The van der Waals surface area contributed by atoms with Crippen molar-refractivity contribution in [2.45, 2.75) is 19.4 Å². The second-order valence-corrected chi connectivity index (χ2v) is 2.16. The number of carboxylic acid groups (broad SMARTS) is 1. The molecule has 5 nitrogen and oxygen atoms in total. The number of carbonyl (C=O) groups excluding carboxylic acids is 1. The molecule has 0 aromatic carbocycles. The van der Waals surface area contributed by atoms with Gasteiger partial charge in [-0.3, -0.25) is 4.79 Å². The summed E-state index contributed by atoms with van der Waals surface area (Å²) < 4.78 is 4.94. The minimum Gasteiger partial charge on any atom is -0.480 e. The van der Waals surface area contributed by atoms with Gasteiger partial charge in [-0.1, -0.05) is 0 Å². The number of hydrogen-bond donors (Lipinski definition) is 2. The van der Waals surface area contributed by atoms with Crippen LogP contribution in [0.1, 0.15) is 13.3 Å². The Morgan fingerprint density at radius 3 is 2.83 bits per heavy atom. The van der Waals surface area contributed by atoms with Crippen LogP contribution in [0.3, 0.4) is 0 Å². The minimum absolute atomic E-state index is 0.294. The van der Waals surface area contributed by atoms with Crippen molar-refractivity contribution in [2.75, 3.05) is 13.2 Å². The fourth-order valence-corrected chi connectivity index (χ4v) is 0.706. The lowest BCUT2D eigenvalue weighted by atomic mass is 10.2. The Morgan fingerprint density at radius 1 is 1.75 bits per heavy atom. The smallest absolute Gasteiger partial charge is 0.326 e. The molecule has 0 bridgehead atoms. The van der Waals surface area contributed by atoms with Crippen molar-refractivity contribution in [1.29, 1.82) is 0 Å². The van der Waals surface area contributed by atoms with Gasteiger partial charge in [-0.25, -0.2) is 4.79 Å². The van der Waals surface area contributed by atoms with Crippen LogP contribution in [0.2, 0.25) is 0 Å². The first kappa shape index (κ1) is 10.9. The van der Waals surface area contributed by atoms with E-state index in [1.807, 2.05) is 6.92 Å². The molecule has 0 aromatic heterocycles. The van der Waals surface area contributed by atoms with Crippen LogP contribution in [-0.2, 0) is 14.3 Å². The molecule has 1 amide bonds. The topological polar surface area (TPSA) is 75.6 Å². The molecule has 0 aliphatic heterocycles. The van der Waals surface area contributed by atoms with Crippen molar-refractivity contribution in [3.63, 3.8) is 0 Å². The third-order valence-corrected chi connectivity index (χ3v) is 1.32. The number of ether oxygens (including phenoxy) is 1. The normalized spacial score (nSPS) is 12.1. The first-order valence-corrected chi connectivity index (χ1v) is 3.72. The third kappa shape index (κ3) is 4.68. The molecule has 12 heavy (non-hydrogen) atoms. The molecule has 0 aromatic rings. The highest BCUT2D eigenvalue weighted by Crippen LogP contribution is 1.92. The zero-order valence-electron chi connectivity index (χ0n) is 6.95. The molecular formula is C7H13NO4. The summed E-state index contributed by atoms with van der Waals surface area (Å²) in [6.07, 6.45) is 0.673. The highest BCUT2D eigenvalue weighted by molar-refractivity contribution is 5.76. The highest BCUT2D eigenvalue weighted by Gasteiger charge is 2.14. The Kier molecular flexibility index (Phi) is 6.00. The lowest BCUT2D eigenvalue weighted by Gasteiger charge is -2.09. The maximum atomic E-state index is 10.4. The van der Waals surface area contributed by atoms with E-state index in [-0.39, 0.29) is 0 Å². The van der Waals surface area contributed by atoms with Crippen molar-refractivity contribution >= 4 is 12.4 Å². The molecule has 0 aliphatic rings. The van der Waals surface area contributed by atoms with Gasteiger partial charge in [0, 0.05) is 19.6 Å². The Labute approximate surface area is 70.7 Å². The van der Waals surface area contributed by atoms with Crippen LogP contribution in [0, 0.1) is 0 Å². The molecule has 2 N–H and O–H groups in total. The second kappa shape index (κ2) is 6.60. The van der Waals surface area contributed by atoms with Crippen molar-refractivity contribution in [3.8, 4) is 0 Å². The molecular weight excluding hydrogens is 162 g/mol. The molecule has 0 aliphatic carbocycles. The summed E-state index contributed by atoms with van der Waals surface area (Å²) in [5, 5.41) is 10.7. The summed E-state index contributed by atoms with van der Waals surface area (Å²) >= 11 is 0. The van der Waals surface area contributed by atoms with Crippen molar-refractivity contribution in [3.05, 3.63) is 0 Å². The number of aliphatic carboxylic acids is 1. The van der Waals surface area contributed by atoms with Gasteiger partial charge in [0.2, 0.25) is 6.41 Å². The van der Waals surface area contributed by atoms with E-state index in [9.17, 15) is 9.59 Å². The molecule has 0 fully saturated rings. The molecule has 0 radical (unpaired) electrons. The monoisotopic (exact) mass is 175 g/mol. The summed E-state index contributed by atoms with van der Waals surface area (Å²) in [5.74, 6) is -1.04. The molecule has 1 atom stereocenters. The van der Waals surface area contributed by atoms with Gasteiger partial charge in [-0.05, 0) is 6.92 Å². The zero-order chi connectivity index (χ0) is 9.40. The SMILES string of the molecule is CCOCCC(NC=O)C(=O)O. The number of carboxylic acids is 1. The predicted molar refractivity (Wildman–Crippen MR) is 41.7 cm³/mol. The maximum Gasteiger partial charge on any atom is 0.326 e. The van der Waals surface area contributed by atoms with Gasteiger partial charge in [-0.2, -0.15) is 0 Å². The van der Waals surface area contributed by atoms with Gasteiger partial charge in [0.25, 0.3) is 0 Å². The highest BCUT2D eigenvalue weighted by atomic mass is 16.5. The molecule has 0 heterocycles. The molecule has 5 heteroatoms. The van der Waals surface area contributed by atoms with E-state index in [0.717, 1.165) is 0 Å². The lowest BCUT2D eigenvalue weighted by molar-refractivity contribution is -0.141. The lowest BCUT2D eigenvalue weighted by Crippen LogP contribution is -2.36. The second-order valence-electron chi connectivity index (χ2n) is 2.16. The first-order valence-electron chi connectivity index (χ1n) is 3.72. The molecule has 0 spiro atoms. The van der Waals surface area contributed by atoms with Crippen LogP contribution in [0.15, 0.2) is 0 Å².